The van der Waals surface area contributed by atoms with Crippen LogP contribution in [0.4, 0.5) is 0 Å². The van der Waals surface area contributed by atoms with Gasteiger partial charge in [0.15, 0.2) is 11.8 Å². The first-order chi connectivity index (χ1) is 11.2. The SMILES string of the molecule is COCCNC(=NCc1nnc(C)n1C)NC(COC)C1CC1. The van der Waals surface area contributed by atoms with Gasteiger partial charge in [-0.15, -0.1) is 10.2 Å². The molecule has 1 aromatic rings. The van der Waals surface area contributed by atoms with E-state index in [0.29, 0.717) is 32.2 Å². The summed E-state index contributed by atoms with van der Waals surface area (Å²) in [4.78, 5) is 4.63. The van der Waals surface area contributed by atoms with Gasteiger partial charge in [-0.2, -0.15) is 0 Å². The molecule has 0 amide bonds. The van der Waals surface area contributed by atoms with E-state index < -0.39 is 0 Å². The van der Waals surface area contributed by atoms with E-state index in [2.05, 4.69) is 25.8 Å². The summed E-state index contributed by atoms with van der Waals surface area (Å²) in [5.74, 6) is 3.15. The highest BCUT2D eigenvalue weighted by Crippen LogP contribution is 2.32. The third kappa shape index (κ3) is 5.47. The fraction of sp³-hybridized carbons (Fsp3) is 0.800. The molecule has 1 heterocycles. The summed E-state index contributed by atoms with van der Waals surface area (Å²) in [6, 6.07) is 0.287. The first kappa shape index (κ1) is 17.7. The lowest BCUT2D eigenvalue weighted by atomic mass is 10.2. The maximum absolute atomic E-state index is 5.32. The Kier molecular flexibility index (Phi) is 6.79. The van der Waals surface area contributed by atoms with E-state index in [1.807, 2.05) is 18.5 Å². The predicted molar refractivity (Wildman–Crippen MR) is 88.3 cm³/mol. The predicted octanol–water partition coefficient (Wildman–Crippen LogP) is 0.230. The summed E-state index contributed by atoms with van der Waals surface area (Å²) in [6.45, 7) is 4.41. The molecule has 1 atom stereocenters. The molecule has 23 heavy (non-hydrogen) atoms. The average Bonchev–Trinajstić information content (AvgIpc) is 3.33. The smallest absolute Gasteiger partial charge is 0.192 e. The lowest BCUT2D eigenvalue weighted by Crippen LogP contribution is -2.47. The maximum atomic E-state index is 5.32. The van der Waals surface area contributed by atoms with Gasteiger partial charge in [0.25, 0.3) is 0 Å². The first-order valence-corrected chi connectivity index (χ1v) is 8.03. The lowest BCUT2D eigenvalue weighted by molar-refractivity contribution is 0.165. The van der Waals surface area contributed by atoms with Crippen LogP contribution in [-0.2, 0) is 23.1 Å². The fourth-order valence-electron chi connectivity index (χ4n) is 2.31. The molecular formula is C15H28N6O2. The number of aromatic nitrogens is 3. The number of rotatable bonds is 9. The van der Waals surface area contributed by atoms with Crippen LogP contribution in [0.15, 0.2) is 4.99 Å². The minimum atomic E-state index is 0.287. The summed E-state index contributed by atoms with van der Waals surface area (Å²) >= 11 is 0. The molecule has 0 bridgehead atoms. The maximum Gasteiger partial charge on any atom is 0.192 e. The van der Waals surface area contributed by atoms with Gasteiger partial charge in [0, 0.05) is 27.8 Å². The molecule has 1 aliphatic carbocycles. The second kappa shape index (κ2) is 8.83. The van der Waals surface area contributed by atoms with Crippen LogP contribution < -0.4 is 10.6 Å². The zero-order valence-corrected chi connectivity index (χ0v) is 14.5. The van der Waals surface area contributed by atoms with Crippen molar-refractivity contribution in [2.45, 2.75) is 32.4 Å². The Labute approximate surface area is 137 Å². The Morgan fingerprint density at radius 1 is 1.35 bits per heavy atom. The van der Waals surface area contributed by atoms with E-state index in [1.54, 1.807) is 14.2 Å². The highest BCUT2D eigenvalue weighted by atomic mass is 16.5. The normalized spacial score (nSPS) is 16.4. The number of nitrogens with one attached hydrogen (secondary N) is 2. The van der Waals surface area contributed by atoms with Crippen LogP contribution >= 0.6 is 0 Å². The van der Waals surface area contributed by atoms with Gasteiger partial charge in [0.1, 0.15) is 12.4 Å². The van der Waals surface area contributed by atoms with E-state index in [0.717, 1.165) is 17.6 Å². The van der Waals surface area contributed by atoms with Gasteiger partial charge in [-0.1, -0.05) is 0 Å². The van der Waals surface area contributed by atoms with Crippen LogP contribution in [0.25, 0.3) is 0 Å². The average molecular weight is 324 g/mol. The molecule has 0 aromatic carbocycles. The van der Waals surface area contributed by atoms with Crippen LogP contribution in [0.3, 0.4) is 0 Å². The number of aliphatic imine (C=N–C) groups is 1. The molecular weight excluding hydrogens is 296 g/mol. The third-order valence-corrected chi connectivity index (χ3v) is 4.02. The molecule has 1 aromatic heterocycles. The van der Waals surface area contributed by atoms with Crippen molar-refractivity contribution < 1.29 is 9.47 Å². The van der Waals surface area contributed by atoms with Gasteiger partial charge >= 0.3 is 0 Å². The largest absolute Gasteiger partial charge is 0.383 e. The highest BCUT2D eigenvalue weighted by Gasteiger charge is 2.31. The van der Waals surface area contributed by atoms with E-state index in [-0.39, 0.29) is 6.04 Å². The summed E-state index contributed by atoms with van der Waals surface area (Å²) < 4.78 is 12.4. The molecule has 1 aliphatic rings. The van der Waals surface area contributed by atoms with Gasteiger partial charge in [0.2, 0.25) is 0 Å². The zero-order chi connectivity index (χ0) is 16.7. The van der Waals surface area contributed by atoms with Crippen LogP contribution in [0.1, 0.15) is 24.5 Å². The summed E-state index contributed by atoms with van der Waals surface area (Å²) in [5.41, 5.74) is 0. The molecule has 1 fully saturated rings. The Morgan fingerprint density at radius 3 is 2.70 bits per heavy atom. The van der Waals surface area contributed by atoms with Gasteiger partial charge in [-0.3, -0.25) is 0 Å². The van der Waals surface area contributed by atoms with Gasteiger partial charge in [-0.05, 0) is 25.7 Å². The quantitative estimate of drug-likeness (QED) is 0.384. The molecule has 130 valence electrons. The molecule has 0 saturated heterocycles. The number of hydrogen-bond acceptors (Lipinski definition) is 5. The number of guanidine groups is 1. The lowest BCUT2D eigenvalue weighted by Gasteiger charge is -2.21. The van der Waals surface area contributed by atoms with E-state index in [1.165, 1.54) is 12.8 Å². The molecule has 8 heteroatoms. The molecule has 0 radical (unpaired) electrons. The standard InChI is InChI=1S/C15H28N6O2/c1-11-19-20-14(21(11)2)9-17-15(16-7-8-22-3)18-13(10-23-4)12-5-6-12/h12-13H,5-10H2,1-4H3,(H2,16,17,18). The molecule has 1 unspecified atom stereocenters. The molecule has 0 spiro atoms. The van der Waals surface area contributed by atoms with Crippen molar-refractivity contribution in [3.05, 3.63) is 11.6 Å². The Morgan fingerprint density at radius 2 is 2.13 bits per heavy atom. The van der Waals surface area contributed by atoms with Gasteiger partial charge in [0.05, 0.1) is 19.3 Å². The number of hydrogen-bond donors (Lipinski definition) is 2. The minimum Gasteiger partial charge on any atom is -0.383 e. The van der Waals surface area contributed by atoms with Crippen molar-refractivity contribution >= 4 is 5.96 Å². The summed E-state index contributed by atoms with van der Waals surface area (Å²) in [6.07, 6.45) is 2.49. The van der Waals surface area contributed by atoms with Crippen molar-refractivity contribution in [1.29, 1.82) is 0 Å². The molecule has 2 rings (SSSR count). The van der Waals surface area contributed by atoms with E-state index >= 15 is 0 Å². The van der Waals surface area contributed by atoms with Crippen LogP contribution in [0, 0.1) is 12.8 Å². The second-order valence-electron chi connectivity index (χ2n) is 5.85. The van der Waals surface area contributed by atoms with Crippen molar-refractivity contribution in [2.75, 3.05) is 34.0 Å². The monoisotopic (exact) mass is 324 g/mol. The van der Waals surface area contributed by atoms with Crippen LogP contribution in [0.2, 0.25) is 0 Å². The number of ether oxygens (including phenoxy) is 2. The van der Waals surface area contributed by atoms with Crippen molar-refractivity contribution in [2.24, 2.45) is 18.0 Å². The van der Waals surface area contributed by atoms with Crippen molar-refractivity contribution in [3.8, 4) is 0 Å². The Hall–Kier alpha value is -1.67. The van der Waals surface area contributed by atoms with Crippen molar-refractivity contribution in [3.63, 3.8) is 0 Å². The number of aryl methyl sites for hydroxylation is 1. The van der Waals surface area contributed by atoms with Crippen LogP contribution in [0.5, 0.6) is 0 Å². The van der Waals surface area contributed by atoms with Crippen LogP contribution in [-0.4, -0.2) is 60.7 Å². The number of methoxy groups -OCH3 is 2. The number of nitrogens with zero attached hydrogens (tertiary/aromatic N) is 4. The van der Waals surface area contributed by atoms with Crippen molar-refractivity contribution in [1.82, 2.24) is 25.4 Å². The summed E-state index contributed by atoms with van der Waals surface area (Å²) in [7, 11) is 5.37. The molecule has 0 aliphatic heterocycles. The van der Waals surface area contributed by atoms with Gasteiger partial charge in [-0.25, -0.2) is 4.99 Å². The third-order valence-electron chi connectivity index (χ3n) is 4.02. The fourth-order valence-corrected chi connectivity index (χ4v) is 2.31. The van der Waals surface area contributed by atoms with E-state index in [9.17, 15) is 0 Å². The second-order valence-corrected chi connectivity index (χ2v) is 5.85. The minimum absolute atomic E-state index is 0.287. The summed E-state index contributed by atoms with van der Waals surface area (Å²) in [5, 5.41) is 15.0. The molecule has 8 nitrogen and oxygen atoms in total. The molecule has 2 N–H and O–H groups in total. The highest BCUT2D eigenvalue weighted by molar-refractivity contribution is 5.80. The van der Waals surface area contributed by atoms with Gasteiger partial charge < -0.3 is 24.7 Å². The Balaban J connectivity index is 1.99. The zero-order valence-electron chi connectivity index (χ0n) is 14.5. The Bertz CT molecular complexity index is 512. The topological polar surface area (TPSA) is 85.6 Å². The first-order valence-electron chi connectivity index (χ1n) is 8.03. The molecule has 1 saturated carbocycles. The van der Waals surface area contributed by atoms with E-state index in [4.69, 9.17) is 9.47 Å².